The summed E-state index contributed by atoms with van der Waals surface area (Å²) in [7, 11) is 1.72. The summed E-state index contributed by atoms with van der Waals surface area (Å²) in [5.74, 6) is -2.50. The van der Waals surface area contributed by atoms with Gasteiger partial charge in [-0.25, -0.2) is 4.98 Å². The number of benzene rings is 2. The molecule has 1 aromatic heterocycles. The van der Waals surface area contributed by atoms with Gasteiger partial charge in [-0.15, -0.1) is 0 Å². The Labute approximate surface area is 227 Å². The SMILES string of the molecule is CC1CCN(c2cc3c(cc2Cl)nc(Cc2cc(CNC(=O)C(C)C(F)(F)F)ccc2C(F)(F)F)n3C)CC1. The quantitative estimate of drug-likeness (QED) is 0.326. The lowest BCUT2D eigenvalue weighted by molar-refractivity contribution is -0.179. The Bertz CT molecular complexity index is 1360. The number of fused-ring (bicyclic) bond motifs is 1. The highest BCUT2D eigenvalue weighted by Gasteiger charge is 2.41. The molecular weight excluding hydrogens is 546 g/mol. The average Bonchev–Trinajstić information content (AvgIpc) is 3.14. The Balaban J connectivity index is 1.63. The molecular formula is C27H29ClF6N4O. The second-order valence-electron chi connectivity index (χ2n) is 10.2. The van der Waals surface area contributed by atoms with E-state index in [0.29, 0.717) is 22.3 Å². The van der Waals surface area contributed by atoms with Crippen LogP contribution in [0, 0.1) is 11.8 Å². The number of imidazole rings is 1. The molecule has 5 nitrogen and oxygen atoms in total. The van der Waals surface area contributed by atoms with Crippen LogP contribution in [-0.4, -0.2) is 34.7 Å². The smallest absolute Gasteiger partial charge is 0.370 e. The minimum Gasteiger partial charge on any atom is -0.370 e. The van der Waals surface area contributed by atoms with Gasteiger partial charge in [-0.05, 0) is 55.0 Å². The predicted octanol–water partition coefficient (Wildman–Crippen LogP) is 6.89. The normalized spacial score (nSPS) is 16.1. The minimum atomic E-state index is -4.72. The number of hydrogen-bond donors (Lipinski definition) is 1. The van der Waals surface area contributed by atoms with Crippen molar-refractivity contribution in [1.29, 1.82) is 0 Å². The fraction of sp³-hybridized carbons (Fsp3) is 0.481. The second-order valence-corrected chi connectivity index (χ2v) is 10.6. The summed E-state index contributed by atoms with van der Waals surface area (Å²) in [6.07, 6.45) is -7.48. The number of nitrogens with one attached hydrogen (secondary N) is 1. The Morgan fingerprint density at radius 2 is 1.79 bits per heavy atom. The zero-order chi connectivity index (χ0) is 28.7. The molecule has 1 unspecified atom stereocenters. The molecule has 212 valence electrons. The molecule has 39 heavy (non-hydrogen) atoms. The number of hydrogen-bond acceptors (Lipinski definition) is 3. The summed E-state index contributed by atoms with van der Waals surface area (Å²) in [5.41, 5.74) is 1.38. The van der Waals surface area contributed by atoms with Crippen molar-refractivity contribution >= 4 is 34.2 Å². The van der Waals surface area contributed by atoms with E-state index in [0.717, 1.165) is 56.2 Å². The van der Waals surface area contributed by atoms with Crippen molar-refractivity contribution in [3.05, 3.63) is 57.9 Å². The van der Waals surface area contributed by atoms with Crippen molar-refractivity contribution in [2.24, 2.45) is 18.9 Å². The third kappa shape index (κ3) is 6.45. The van der Waals surface area contributed by atoms with E-state index in [2.05, 4.69) is 22.1 Å². The highest BCUT2D eigenvalue weighted by molar-refractivity contribution is 6.34. The van der Waals surface area contributed by atoms with Crippen LogP contribution in [0.1, 0.15) is 49.2 Å². The van der Waals surface area contributed by atoms with Crippen molar-refractivity contribution in [3.8, 4) is 0 Å². The first-order valence-corrected chi connectivity index (χ1v) is 13.0. The fourth-order valence-electron chi connectivity index (χ4n) is 4.74. The van der Waals surface area contributed by atoms with Gasteiger partial charge in [-0.1, -0.05) is 30.7 Å². The van der Waals surface area contributed by atoms with Crippen LogP contribution in [0.2, 0.25) is 5.02 Å². The van der Waals surface area contributed by atoms with E-state index >= 15 is 0 Å². The lowest BCUT2D eigenvalue weighted by atomic mass is 9.99. The Kier molecular flexibility index (Phi) is 8.12. The predicted molar refractivity (Wildman–Crippen MR) is 138 cm³/mol. The number of halogens is 7. The molecule has 0 spiro atoms. The van der Waals surface area contributed by atoms with Crippen LogP contribution in [0.4, 0.5) is 32.0 Å². The van der Waals surface area contributed by atoms with E-state index < -0.39 is 29.7 Å². The molecule has 1 saturated heterocycles. The summed E-state index contributed by atoms with van der Waals surface area (Å²) >= 11 is 6.57. The van der Waals surface area contributed by atoms with Crippen LogP contribution >= 0.6 is 11.6 Å². The number of aryl methyl sites for hydroxylation is 1. The van der Waals surface area contributed by atoms with E-state index in [9.17, 15) is 31.1 Å². The van der Waals surface area contributed by atoms with Gasteiger partial charge in [0.1, 0.15) is 11.7 Å². The van der Waals surface area contributed by atoms with E-state index in [4.69, 9.17) is 11.6 Å². The maximum atomic E-state index is 13.8. The first kappa shape index (κ1) is 29.0. The number of carbonyl (C=O) groups is 1. The van der Waals surface area contributed by atoms with Gasteiger partial charge in [-0.3, -0.25) is 4.79 Å². The van der Waals surface area contributed by atoms with Crippen LogP contribution < -0.4 is 10.2 Å². The third-order valence-electron chi connectivity index (χ3n) is 7.34. The van der Waals surface area contributed by atoms with E-state index in [1.165, 1.54) is 6.07 Å². The van der Waals surface area contributed by atoms with E-state index in [1.54, 1.807) is 17.7 Å². The summed E-state index contributed by atoms with van der Waals surface area (Å²) < 4.78 is 81.6. The molecule has 4 rings (SSSR count). The van der Waals surface area contributed by atoms with Crippen LogP contribution in [0.5, 0.6) is 0 Å². The largest absolute Gasteiger partial charge is 0.416 e. The van der Waals surface area contributed by atoms with Gasteiger partial charge < -0.3 is 14.8 Å². The van der Waals surface area contributed by atoms with Crippen LogP contribution in [0.25, 0.3) is 11.0 Å². The highest BCUT2D eigenvalue weighted by atomic mass is 35.5. The average molecular weight is 575 g/mol. The molecule has 0 saturated carbocycles. The van der Waals surface area contributed by atoms with Crippen LogP contribution in [0.15, 0.2) is 30.3 Å². The number of anilines is 1. The van der Waals surface area contributed by atoms with Gasteiger partial charge >= 0.3 is 12.4 Å². The number of nitrogens with zero attached hydrogens (tertiary/aromatic N) is 3. The number of rotatable bonds is 6. The maximum absolute atomic E-state index is 13.8. The number of piperidine rings is 1. The zero-order valence-electron chi connectivity index (χ0n) is 21.7. The first-order chi connectivity index (χ1) is 18.1. The van der Waals surface area contributed by atoms with Gasteiger partial charge in [-0.2, -0.15) is 26.3 Å². The molecule has 12 heteroatoms. The highest BCUT2D eigenvalue weighted by Crippen LogP contribution is 2.36. The molecule has 0 radical (unpaired) electrons. The number of carbonyl (C=O) groups excluding carboxylic acids is 1. The van der Waals surface area contributed by atoms with Crippen molar-refractivity contribution in [2.45, 2.75) is 52.0 Å². The zero-order valence-corrected chi connectivity index (χ0v) is 22.4. The van der Waals surface area contributed by atoms with Crippen molar-refractivity contribution in [3.63, 3.8) is 0 Å². The van der Waals surface area contributed by atoms with Crippen molar-refractivity contribution in [2.75, 3.05) is 18.0 Å². The summed E-state index contributed by atoms with van der Waals surface area (Å²) in [6.45, 7) is 4.30. The molecule has 2 aromatic carbocycles. The fourth-order valence-corrected chi connectivity index (χ4v) is 5.02. The van der Waals surface area contributed by atoms with Crippen LogP contribution in [-0.2, 0) is 31.0 Å². The standard InChI is InChI=1S/C27H29ClF6N4O/c1-15-6-8-38(9-7-15)22-13-23-21(12-20(22)28)36-24(37(23)3)11-18-10-17(4-5-19(18)27(32,33)34)14-35-25(39)16(2)26(29,30)31/h4-5,10,12-13,15-16H,6-9,11,14H2,1-3H3,(H,35,39). The van der Waals surface area contributed by atoms with Gasteiger partial charge in [0, 0.05) is 33.1 Å². The first-order valence-electron chi connectivity index (χ1n) is 12.6. The molecule has 3 aromatic rings. The van der Waals surface area contributed by atoms with E-state index in [1.807, 2.05) is 6.07 Å². The minimum absolute atomic E-state index is 0.104. The molecule has 1 aliphatic rings. The molecule has 1 fully saturated rings. The molecule has 0 aliphatic carbocycles. The monoisotopic (exact) mass is 574 g/mol. The molecule has 2 heterocycles. The van der Waals surface area contributed by atoms with Crippen LogP contribution in [0.3, 0.4) is 0 Å². The Morgan fingerprint density at radius 3 is 2.41 bits per heavy atom. The summed E-state index contributed by atoms with van der Waals surface area (Å²) in [5, 5.41) is 2.67. The Morgan fingerprint density at radius 1 is 1.13 bits per heavy atom. The molecule has 1 atom stereocenters. The number of alkyl halides is 6. The number of aromatic nitrogens is 2. The molecule has 0 bridgehead atoms. The number of amides is 1. The van der Waals surface area contributed by atoms with E-state index in [-0.39, 0.29) is 24.1 Å². The summed E-state index contributed by atoms with van der Waals surface area (Å²) in [6, 6.07) is 6.88. The van der Waals surface area contributed by atoms with Gasteiger partial charge in [0.25, 0.3) is 0 Å². The topological polar surface area (TPSA) is 50.2 Å². The molecule has 1 aliphatic heterocycles. The Hall–Kier alpha value is -2.95. The van der Waals surface area contributed by atoms with Crippen molar-refractivity contribution < 1.29 is 31.1 Å². The maximum Gasteiger partial charge on any atom is 0.416 e. The lowest BCUT2D eigenvalue weighted by Crippen LogP contribution is -2.37. The second kappa shape index (κ2) is 10.9. The molecule has 1 amide bonds. The third-order valence-corrected chi connectivity index (χ3v) is 7.64. The van der Waals surface area contributed by atoms with Gasteiger partial charge in [0.15, 0.2) is 0 Å². The summed E-state index contributed by atoms with van der Waals surface area (Å²) in [4.78, 5) is 18.6. The molecule has 1 N–H and O–H groups in total. The van der Waals surface area contributed by atoms with Gasteiger partial charge in [0.2, 0.25) is 5.91 Å². The van der Waals surface area contributed by atoms with Gasteiger partial charge in [0.05, 0.1) is 27.3 Å². The lowest BCUT2D eigenvalue weighted by Gasteiger charge is -2.32. The van der Waals surface area contributed by atoms with Crippen molar-refractivity contribution in [1.82, 2.24) is 14.9 Å².